The molecule has 1 saturated carbocycles. The van der Waals surface area contributed by atoms with E-state index in [1.54, 1.807) is 7.11 Å². The van der Waals surface area contributed by atoms with Gasteiger partial charge in [-0.1, -0.05) is 46.5 Å². The number of methoxy groups -OCH3 is 1. The van der Waals surface area contributed by atoms with E-state index in [9.17, 15) is 5.11 Å². The van der Waals surface area contributed by atoms with E-state index in [1.165, 1.54) is 25.7 Å². The molecule has 0 spiro atoms. The summed E-state index contributed by atoms with van der Waals surface area (Å²) in [5, 5.41) is 10.4. The number of ether oxygens (including phenoxy) is 1. The van der Waals surface area contributed by atoms with Gasteiger partial charge in [0.25, 0.3) is 0 Å². The second-order valence-electron chi connectivity index (χ2n) is 6.80. The minimum atomic E-state index is -0.282. The van der Waals surface area contributed by atoms with Gasteiger partial charge in [-0.05, 0) is 31.1 Å². The molecule has 0 radical (unpaired) electrons. The SMILES string of the molecule is COC1(C(O)CCCC(C)(C)C)CCCCC1. The van der Waals surface area contributed by atoms with Crippen molar-refractivity contribution in [3.63, 3.8) is 0 Å². The second-order valence-corrected chi connectivity index (χ2v) is 6.80. The first-order valence-electron chi connectivity index (χ1n) is 7.13. The molecule has 1 N–H and O–H groups in total. The number of rotatable bonds is 5. The third kappa shape index (κ3) is 4.59. The molecular weight excluding hydrogens is 212 g/mol. The van der Waals surface area contributed by atoms with Gasteiger partial charge in [0, 0.05) is 7.11 Å². The summed E-state index contributed by atoms with van der Waals surface area (Å²) in [6.07, 6.45) is 8.61. The molecule has 2 nitrogen and oxygen atoms in total. The van der Waals surface area contributed by atoms with Gasteiger partial charge in [0.2, 0.25) is 0 Å². The van der Waals surface area contributed by atoms with E-state index < -0.39 is 0 Å². The molecule has 0 amide bonds. The topological polar surface area (TPSA) is 29.5 Å². The summed E-state index contributed by atoms with van der Waals surface area (Å²) in [5.74, 6) is 0. The largest absolute Gasteiger partial charge is 0.390 e. The van der Waals surface area contributed by atoms with Gasteiger partial charge in [-0.15, -0.1) is 0 Å². The van der Waals surface area contributed by atoms with Crippen LogP contribution in [0, 0.1) is 5.41 Å². The standard InChI is InChI=1S/C15H30O2/c1-14(2,3)10-8-9-13(16)15(17-4)11-6-5-7-12-15/h13,16H,5-12H2,1-4H3. The summed E-state index contributed by atoms with van der Waals surface area (Å²) in [6, 6.07) is 0. The lowest BCUT2D eigenvalue weighted by molar-refractivity contribution is -0.125. The summed E-state index contributed by atoms with van der Waals surface area (Å²) >= 11 is 0. The minimum absolute atomic E-state index is 0.240. The van der Waals surface area contributed by atoms with Crippen molar-refractivity contribution in [3.05, 3.63) is 0 Å². The molecule has 0 aromatic heterocycles. The summed E-state index contributed by atoms with van der Waals surface area (Å²) < 4.78 is 5.67. The first kappa shape index (κ1) is 15.0. The molecule has 0 aromatic carbocycles. The van der Waals surface area contributed by atoms with Crippen LogP contribution in [0.25, 0.3) is 0 Å². The van der Waals surface area contributed by atoms with Gasteiger partial charge in [0.05, 0.1) is 11.7 Å². The van der Waals surface area contributed by atoms with Crippen LogP contribution in [0.5, 0.6) is 0 Å². The average Bonchev–Trinajstić information content (AvgIpc) is 2.28. The maximum Gasteiger partial charge on any atom is 0.0936 e. The zero-order chi connectivity index (χ0) is 12.9. The van der Waals surface area contributed by atoms with Crippen molar-refractivity contribution in [2.75, 3.05) is 7.11 Å². The molecule has 1 aliphatic rings. The Morgan fingerprint density at radius 3 is 2.24 bits per heavy atom. The summed E-state index contributed by atoms with van der Waals surface area (Å²) in [5.41, 5.74) is 0.128. The third-order valence-electron chi connectivity index (χ3n) is 4.12. The Morgan fingerprint density at radius 1 is 1.18 bits per heavy atom. The molecule has 1 atom stereocenters. The zero-order valence-corrected chi connectivity index (χ0v) is 12.1. The summed E-state index contributed by atoms with van der Waals surface area (Å²) in [7, 11) is 1.76. The average molecular weight is 242 g/mol. The van der Waals surface area contributed by atoms with Crippen molar-refractivity contribution in [3.8, 4) is 0 Å². The van der Waals surface area contributed by atoms with E-state index in [2.05, 4.69) is 20.8 Å². The maximum absolute atomic E-state index is 10.4. The molecule has 0 bridgehead atoms. The van der Waals surface area contributed by atoms with Gasteiger partial charge in [0.15, 0.2) is 0 Å². The highest BCUT2D eigenvalue weighted by atomic mass is 16.5. The Kier molecular flexibility index (Phi) is 5.46. The van der Waals surface area contributed by atoms with Gasteiger partial charge >= 0.3 is 0 Å². The van der Waals surface area contributed by atoms with E-state index in [4.69, 9.17) is 4.74 Å². The summed E-state index contributed by atoms with van der Waals surface area (Å²) in [6.45, 7) is 6.77. The van der Waals surface area contributed by atoms with Crippen LogP contribution in [0.2, 0.25) is 0 Å². The lowest BCUT2D eigenvalue weighted by Crippen LogP contribution is -2.45. The van der Waals surface area contributed by atoms with Crippen LogP contribution in [-0.4, -0.2) is 23.9 Å². The highest BCUT2D eigenvalue weighted by Crippen LogP contribution is 2.36. The molecule has 102 valence electrons. The quantitative estimate of drug-likeness (QED) is 0.792. The van der Waals surface area contributed by atoms with E-state index in [1.807, 2.05) is 0 Å². The molecule has 1 unspecified atom stereocenters. The maximum atomic E-state index is 10.4. The van der Waals surface area contributed by atoms with E-state index in [0.29, 0.717) is 5.41 Å². The van der Waals surface area contributed by atoms with E-state index in [0.717, 1.165) is 25.7 Å². The normalized spacial score (nSPS) is 22.4. The van der Waals surface area contributed by atoms with Gasteiger partial charge in [-0.3, -0.25) is 0 Å². The van der Waals surface area contributed by atoms with Gasteiger partial charge in [0.1, 0.15) is 0 Å². The molecule has 0 aromatic rings. The molecular formula is C15H30O2. The Bertz CT molecular complexity index is 211. The van der Waals surface area contributed by atoms with Crippen LogP contribution in [-0.2, 0) is 4.74 Å². The van der Waals surface area contributed by atoms with E-state index in [-0.39, 0.29) is 11.7 Å². The highest BCUT2D eigenvalue weighted by Gasteiger charge is 2.38. The van der Waals surface area contributed by atoms with Crippen molar-refractivity contribution < 1.29 is 9.84 Å². The van der Waals surface area contributed by atoms with Crippen molar-refractivity contribution in [2.45, 2.75) is 83.8 Å². The zero-order valence-electron chi connectivity index (χ0n) is 12.1. The lowest BCUT2D eigenvalue weighted by atomic mass is 9.78. The lowest BCUT2D eigenvalue weighted by Gasteiger charge is -2.40. The fraction of sp³-hybridized carbons (Fsp3) is 1.00. The number of hydrogen-bond donors (Lipinski definition) is 1. The van der Waals surface area contributed by atoms with Crippen LogP contribution in [0.3, 0.4) is 0 Å². The van der Waals surface area contributed by atoms with Gasteiger partial charge in [-0.25, -0.2) is 0 Å². The number of hydrogen-bond acceptors (Lipinski definition) is 2. The molecule has 0 aliphatic heterocycles. The molecule has 1 aliphatic carbocycles. The van der Waals surface area contributed by atoms with Crippen LogP contribution < -0.4 is 0 Å². The molecule has 17 heavy (non-hydrogen) atoms. The summed E-state index contributed by atoms with van der Waals surface area (Å²) in [4.78, 5) is 0. The fourth-order valence-corrected chi connectivity index (χ4v) is 2.91. The molecule has 0 heterocycles. The number of aliphatic hydroxyl groups excluding tert-OH is 1. The Hall–Kier alpha value is -0.0800. The van der Waals surface area contributed by atoms with Crippen molar-refractivity contribution in [1.82, 2.24) is 0 Å². The van der Waals surface area contributed by atoms with Crippen LogP contribution in [0.1, 0.15) is 72.1 Å². The molecule has 1 fully saturated rings. The number of aliphatic hydroxyl groups is 1. The Labute approximate surface area is 107 Å². The van der Waals surface area contributed by atoms with Crippen LogP contribution in [0.4, 0.5) is 0 Å². The molecule has 2 heteroatoms. The van der Waals surface area contributed by atoms with Crippen molar-refractivity contribution in [2.24, 2.45) is 5.41 Å². The first-order valence-corrected chi connectivity index (χ1v) is 7.13. The third-order valence-corrected chi connectivity index (χ3v) is 4.12. The monoisotopic (exact) mass is 242 g/mol. The van der Waals surface area contributed by atoms with E-state index >= 15 is 0 Å². The predicted octanol–water partition coefficient (Wildman–Crippen LogP) is 3.91. The molecule has 0 saturated heterocycles. The van der Waals surface area contributed by atoms with Gasteiger partial charge < -0.3 is 9.84 Å². The first-order chi connectivity index (χ1) is 7.90. The second kappa shape index (κ2) is 6.19. The van der Waals surface area contributed by atoms with Gasteiger partial charge in [-0.2, -0.15) is 0 Å². The smallest absolute Gasteiger partial charge is 0.0936 e. The van der Waals surface area contributed by atoms with Crippen LogP contribution >= 0.6 is 0 Å². The Balaban J connectivity index is 2.41. The van der Waals surface area contributed by atoms with Crippen molar-refractivity contribution in [1.29, 1.82) is 0 Å². The fourth-order valence-electron chi connectivity index (χ4n) is 2.91. The minimum Gasteiger partial charge on any atom is -0.390 e. The highest BCUT2D eigenvalue weighted by molar-refractivity contribution is 4.91. The predicted molar refractivity (Wildman–Crippen MR) is 72.1 cm³/mol. The van der Waals surface area contributed by atoms with Crippen molar-refractivity contribution >= 4 is 0 Å². The van der Waals surface area contributed by atoms with Crippen LogP contribution in [0.15, 0.2) is 0 Å². The molecule has 1 rings (SSSR count). The Morgan fingerprint density at radius 2 is 1.76 bits per heavy atom.